The highest BCUT2D eigenvalue weighted by molar-refractivity contribution is 6.31. The molecule has 0 spiro atoms. The smallest absolute Gasteiger partial charge is 0.250 e. The Labute approximate surface area is 138 Å². The zero-order valence-electron chi connectivity index (χ0n) is 12.5. The van der Waals surface area contributed by atoms with Gasteiger partial charge in [-0.05, 0) is 36.8 Å². The maximum atomic E-state index is 11.7. The number of hydrogen-bond acceptors (Lipinski definition) is 4. The molecule has 6 nitrogen and oxygen atoms in total. The molecule has 0 saturated heterocycles. The van der Waals surface area contributed by atoms with E-state index >= 15 is 0 Å². The minimum atomic E-state index is -0.362. The largest absolute Gasteiger partial charge is 0.362 e. The van der Waals surface area contributed by atoms with Crippen LogP contribution in [0.25, 0.3) is 0 Å². The molecule has 0 saturated carbocycles. The summed E-state index contributed by atoms with van der Waals surface area (Å²) in [6, 6.07) is 8.62. The highest BCUT2D eigenvalue weighted by Crippen LogP contribution is 2.19. The normalized spacial score (nSPS) is 10.2. The molecule has 0 aliphatic rings. The number of aromatic nitrogens is 1. The fraction of sp³-hybridized carbons (Fsp3) is 0.188. The Bertz CT molecular complexity index is 692. The SMILES string of the molecule is Cc1ccc(NC(=O)COCC(=O)Nc2cccnc2)cc1Cl. The van der Waals surface area contributed by atoms with Crippen LogP contribution in [0, 0.1) is 6.92 Å². The van der Waals surface area contributed by atoms with Gasteiger partial charge in [-0.2, -0.15) is 0 Å². The summed E-state index contributed by atoms with van der Waals surface area (Å²) in [6.07, 6.45) is 3.12. The number of ether oxygens (including phenoxy) is 1. The van der Waals surface area contributed by atoms with Crippen molar-refractivity contribution in [2.24, 2.45) is 0 Å². The number of anilines is 2. The highest BCUT2D eigenvalue weighted by Gasteiger charge is 2.07. The van der Waals surface area contributed by atoms with Crippen molar-refractivity contribution >= 4 is 34.8 Å². The fourth-order valence-corrected chi connectivity index (χ4v) is 1.92. The van der Waals surface area contributed by atoms with Crippen molar-refractivity contribution in [3.05, 3.63) is 53.3 Å². The Morgan fingerprint density at radius 2 is 1.83 bits per heavy atom. The second-order valence-corrected chi connectivity index (χ2v) is 5.20. The van der Waals surface area contributed by atoms with E-state index in [0.29, 0.717) is 16.4 Å². The van der Waals surface area contributed by atoms with Crippen LogP contribution in [0.4, 0.5) is 11.4 Å². The molecule has 120 valence electrons. The molecule has 1 aromatic heterocycles. The first-order chi connectivity index (χ1) is 11.0. The lowest BCUT2D eigenvalue weighted by molar-refractivity contribution is -0.125. The molecule has 2 aromatic rings. The molecule has 1 aromatic carbocycles. The van der Waals surface area contributed by atoms with Crippen molar-refractivity contribution in [1.82, 2.24) is 4.98 Å². The molecule has 23 heavy (non-hydrogen) atoms. The first kappa shape index (κ1) is 16.9. The molecule has 2 amide bonds. The number of nitrogens with one attached hydrogen (secondary N) is 2. The topological polar surface area (TPSA) is 80.3 Å². The Kier molecular flexibility index (Phi) is 6.08. The third-order valence-corrected chi connectivity index (χ3v) is 3.27. The van der Waals surface area contributed by atoms with E-state index in [9.17, 15) is 9.59 Å². The van der Waals surface area contributed by atoms with Crippen LogP contribution in [0.3, 0.4) is 0 Å². The average Bonchev–Trinajstić information content (AvgIpc) is 2.52. The highest BCUT2D eigenvalue weighted by atomic mass is 35.5. The summed E-state index contributed by atoms with van der Waals surface area (Å²) in [4.78, 5) is 27.2. The standard InChI is InChI=1S/C16H16ClN3O3/c1-11-4-5-12(7-14(11)17)19-15(21)9-23-10-16(22)20-13-3-2-6-18-8-13/h2-8H,9-10H2,1H3,(H,19,21)(H,20,22). The number of carbonyl (C=O) groups is 2. The van der Waals surface area contributed by atoms with Crippen LogP contribution in [0.5, 0.6) is 0 Å². The summed E-state index contributed by atoms with van der Waals surface area (Å²) in [5.41, 5.74) is 2.07. The molecule has 0 bridgehead atoms. The van der Waals surface area contributed by atoms with Gasteiger partial charge in [0.2, 0.25) is 11.8 Å². The van der Waals surface area contributed by atoms with Gasteiger partial charge in [-0.25, -0.2) is 0 Å². The molecule has 0 aliphatic carbocycles. The number of halogens is 1. The number of nitrogens with zero attached hydrogens (tertiary/aromatic N) is 1. The minimum Gasteiger partial charge on any atom is -0.362 e. The summed E-state index contributed by atoms with van der Waals surface area (Å²) in [7, 11) is 0. The third-order valence-electron chi connectivity index (χ3n) is 2.87. The Morgan fingerprint density at radius 1 is 1.13 bits per heavy atom. The van der Waals surface area contributed by atoms with E-state index in [4.69, 9.17) is 16.3 Å². The zero-order valence-corrected chi connectivity index (χ0v) is 13.3. The lowest BCUT2D eigenvalue weighted by Gasteiger charge is -2.08. The van der Waals surface area contributed by atoms with Gasteiger partial charge in [0.05, 0.1) is 11.9 Å². The van der Waals surface area contributed by atoms with Crippen LogP contribution in [0.2, 0.25) is 5.02 Å². The van der Waals surface area contributed by atoms with Gasteiger partial charge in [0.15, 0.2) is 0 Å². The molecular formula is C16H16ClN3O3. The monoisotopic (exact) mass is 333 g/mol. The quantitative estimate of drug-likeness (QED) is 0.851. The fourth-order valence-electron chi connectivity index (χ4n) is 1.74. The van der Waals surface area contributed by atoms with Gasteiger partial charge in [-0.3, -0.25) is 14.6 Å². The van der Waals surface area contributed by atoms with E-state index < -0.39 is 0 Å². The Morgan fingerprint density at radius 3 is 2.43 bits per heavy atom. The van der Waals surface area contributed by atoms with Gasteiger partial charge < -0.3 is 15.4 Å². The number of pyridine rings is 1. The van der Waals surface area contributed by atoms with Crippen molar-refractivity contribution in [1.29, 1.82) is 0 Å². The Balaban J connectivity index is 1.72. The summed E-state index contributed by atoms with van der Waals surface area (Å²) >= 11 is 5.98. The summed E-state index contributed by atoms with van der Waals surface area (Å²) in [5.74, 6) is -0.719. The molecule has 0 radical (unpaired) electrons. The maximum absolute atomic E-state index is 11.7. The van der Waals surface area contributed by atoms with E-state index in [1.165, 1.54) is 6.20 Å². The predicted molar refractivity (Wildman–Crippen MR) is 88.5 cm³/mol. The van der Waals surface area contributed by atoms with Gasteiger partial charge in [0, 0.05) is 16.9 Å². The van der Waals surface area contributed by atoms with Crippen LogP contribution >= 0.6 is 11.6 Å². The number of amides is 2. The average molecular weight is 334 g/mol. The lowest BCUT2D eigenvalue weighted by Crippen LogP contribution is -2.24. The van der Waals surface area contributed by atoms with Crippen LogP contribution in [-0.4, -0.2) is 30.0 Å². The summed E-state index contributed by atoms with van der Waals surface area (Å²) in [6.45, 7) is 1.42. The number of rotatable bonds is 6. The first-order valence-corrected chi connectivity index (χ1v) is 7.26. The van der Waals surface area contributed by atoms with Gasteiger partial charge in [-0.15, -0.1) is 0 Å². The van der Waals surface area contributed by atoms with E-state index in [1.54, 1.807) is 36.5 Å². The predicted octanol–water partition coefficient (Wildman–Crippen LogP) is 2.64. The van der Waals surface area contributed by atoms with Crippen LogP contribution in [0.15, 0.2) is 42.7 Å². The molecule has 7 heteroatoms. The van der Waals surface area contributed by atoms with E-state index in [1.807, 2.05) is 6.92 Å². The van der Waals surface area contributed by atoms with Gasteiger partial charge in [-0.1, -0.05) is 17.7 Å². The van der Waals surface area contributed by atoms with Crippen molar-refractivity contribution in [2.75, 3.05) is 23.8 Å². The van der Waals surface area contributed by atoms with E-state index in [2.05, 4.69) is 15.6 Å². The molecular weight excluding hydrogens is 318 g/mol. The van der Waals surface area contributed by atoms with Crippen LogP contribution in [0.1, 0.15) is 5.56 Å². The third kappa shape index (κ3) is 5.69. The lowest BCUT2D eigenvalue weighted by atomic mass is 10.2. The number of aryl methyl sites for hydroxylation is 1. The molecule has 0 unspecified atom stereocenters. The van der Waals surface area contributed by atoms with Crippen LogP contribution < -0.4 is 10.6 Å². The maximum Gasteiger partial charge on any atom is 0.250 e. The van der Waals surface area contributed by atoms with E-state index in [0.717, 1.165) is 5.56 Å². The Hall–Kier alpha value is -2.44. The number of carbonyl (C=O) groups excluding carboxylic acids is 2. The van der Waals surface area contributed by atoms with Gasteiger partial charge >= 0.3 is 0 Å². The van der Waals surface area contributed by atoms with Crippen molar-refractivity contribution < 1.29 is 14.3 Å². The van der Waals surface area contributed by atoms with Crippen LogP contribution in [-0.2, 0) is 14.3 Å². The molecule has 2 N–H and O–H groups in total. The van der Waals surface area contributed by atoms with Gasteiger partial charge in [0.25, 0.3) is 0 Å². The minimum absolute atomic E-state index is 0.225. The van der Waals surface area contributed by atoms with Crippen molar-refractivity contribution in [3.8, 4) is 0 Å². The van der Waals surface area contributed by atoms with Crippen molar-refractivity contribution in [2.45, 2.75) is 6.92 Å². The molecule has 0 aliphatic heterocycles. The molecule has 1 heterocycles. The second-order valence-electron chi connectivity index (χ2n) is 4.79. The number of hydrogen-bond donors (Lipinski definition) is 2. The molecule has 0 atom stereocenters. The van der Waals surface area contributed by atoms with Crippen molar-refractivity contribution in [3.63, 3.8) is 0 Å². The number of benzene rings is 1. The second kappa shape index (κ2) is 8.26. The van der Waals surface area contributed by atoms with E-state index in [-0.39, 0.29) is 25.0 Å². The first-order valence-electron chi connectivity index (χ1n) is 6.88. The zero-order chi connectivity index (χ0) is 16.7. The molecule has 2 rings (SSSR count). The molecule has 0 fully saturated rings. The van der Waals surface area contributed by atoms with Gasteiger partial charge in [0.1, 0.15) is 13.2 Å². The summed E-state index contributed by atoms with van der Waals surface area (Å²) < 4.78 is 5.08. The summed E-state index contributed by atoms with van der Waals surface area (Å²) in [5, 5.41) is 5.82.